The molecule has 0 bridgehead atoms. The Morgan fingerprint density at radius 2 is 1.65 bits per heavy atom. The van der Waals surface area contributed by atoms with Crippen LogP contribution in [-0.4, -0.2) is 40.8 Å². The average molecular weight is 426 g/mol. The molecule has 1 amide bonds. The maximum Gasteiger partial charge on any atom is 0.226 e. The van der Waals surface area contributed by atoms with Crippen LogP contribution in [0.4, 0.5) is 4.39 Å². The third-order valence-electron chi connectivity index (χ3n) is 5.19. The highest BCUT2D eigenvalue weighted by Crippen LogP contribution is 2.32. The van der Waals surface area contributed by atoms with Crippen LogP contribution in [0.1, 0.15) is 31.5 Å². The lowest BCUT2D eigenvalue weighted by Crippen LogP contribution is -2.30. The van der Waals surface area contributed by atoms with E-state index in [0.717, 1.165) is 22.7 Å². The maximum atomic E-state index is 13.3. The minimum Gasteiger partial charge on any atom is -0.497 e. The first-order valence-corrected chi connectivity index (χ1v) is 10.4. The van der Waals surface area contributed by atoms with Crippen molar-refractivity contribution in [3.8, 4) is 23.1 Å². The molecule has 164 valence electrons. The molecule has 1 heterocycles. The molecule has 1 aromatic heterocycles. The number of hydrogen-bond acceptors (Lipinski definition) is 4. The van der Waals surface area contributed by atoms with Crippen LogP contribution in [0.15, 0.2) is 48.5 Å². The highest BCUT2D eigenvalue weighted by molar-refractivity contribution is 5.76. The number of aryl methyl sites for hydroxylation is 1. The van der Waals surface area contributed by atoms with Gasteiger partial charge in [-0.15, -0.1) is 0 Å². The monoisotopic (exact) mass is 425 g/mol. The van der Waals surface area contributed by atoms with Crippen LogP contribution in [0.3, 0.4) is 0 Å². The summed E-state index contributed by atoms with van der Waals surface area (Å²) in [6.45, 7) is 7.19. The van der Waals surface area contributed by atoms with Crippen LogP contribution in [0.25, 0.3) is 5.69 Å². The van der Waals surface area contributed by atoms with Gasteiger partial charge in [0, 0.05) is 25.1 Å². The van der Waals surface area contributed by atoms with Gasteiger partial charge in [0.05, 0.1) is 18.5 Å². The predicted molar refractivity (Wildman–Crippen MR) is 118 cm³/mol. The molecule has 0 spiro atoms. The molecule has 7 heteroatoms. The van der Waals surface area contributed by atoms with E-state index in [0.29, 0.717) is 37.6 Å². The minimum absolute atomic E-state index is 0.0920. The fourth-order valence-electron chi connectivity index (χ4n) is 3.41. The molecule has 0 aliphatic heterocycles. The molecule has 6 nitrogen and oxygen atoms in total. The SMILES string of the molecule is CCN(CC)C(=O)CCc1c(C)nn(-c2ccc(OC)cc2)c1Oc1ccc(F)cc1. The van der Waals surface area contributed by atoms with Gasteiger partial charge in [-0.1, -0.05) is 0 Å². The molecule has 0 fully saturated rings. The van der Waals surface area contributed by atoms with Gasteiger partial charge >= 0.3 is 0 Å². The molecule has 0 radical (unpaired) electrons. The summed E-state index contributed by atoms with van der Waals surface area (Å²) < 4.78 is 26.4. The van der Waals surface area contributed by atoms with Gasteiger partial charge in [0.1, 0.15) is 17.3 Å². The van der Waals surface area contributed by atoms with Gasteiger partial charge in [0.25, 0.3) is 0 Å². The molecule has 0 unspecified atom stereocenters. The Morgan fingerprint density at radius 3 is 2.23 bits per heavy atom. The molecule has 0 saturated carbocycles. The normalized spacial score (nSPS) is 10.7. The van der Waals surface area contributed by atoms with Crippen molar-refractivity contribution in [1.82, 2.24) is 14.7 Å². The number of benzene rings is 2. The van der Waals surface area contributed by atoms with Crippen molar-refractivity contribution >= 4 is 5.91 Å². The van der Waals surface area contributed by atoms with Crippen LogP contribution < -0.4 is 9.47 Å². The number of halogens is 1. The second-order valence-corrected chi connectivity index (χ2v) is 7.10. The number of carbonyl (C=O) groups is 1. The zero-order chi connectivity index (χ0) is 22.4. The Hall–Kier alpha value is -3.35. The molecule has 0 aliphatic carbocycles. The highest BCUT2D eigenvalue weighted by atomic mass is 19.1. The molecule has 0 N–H and O–H groups in total. The number of nitrogens with zero attached hydrogens (tertiary/aromatic N) is 3. The zero-order valence-corrected chi connectivity index (χ0v) is 18.4. The molecule has 2 aromatic carbocycles. The lowest BCUT2D eigenvalue weighted by atomic mass is 10.1. The summed E-state index contributed by atoms with van der Waals surface area (Å²) in [6, 6.07) is 13.3. The fraction of sp³-hybridized carbons (Fsp3) is 0.333. The molecule has 0 saturated heterocycles. The van der Waals surface area contributed by atoms with E-state index < -0.39 is 0 Å². The maximum absolute atomic E-state index is 13.3. The Balaban J connectivity index is 1.97. The van der Waals surface area contributed by atoms with Crippen LogP contribution in [-0.2, 0) is 11.2 Å². The number of amides is 1. The van der Waals surface area contributed by atoms with Crippen LogP contribution in [0, 0.1) is 12.7 Å². The van der Waals surface area contributed by atoms with Crippen molar-refractivity contribution in [3.05, 3.63) is 65.6 Å². The minimum atomic E-state index is -0.336. The smallest absolute Gasteiger partial charge is 0.226 e. The first-order valence-electron chi connectivity index (χ1n) is 10.4. The Kier molecular flexibility index (Phi) is 7.28. The van der Waals surface area contributed by atoms with E-state index in [2.05, 4.69) is 5.10 Å². The van der Waals surface area contributed by atoms with Crippen molar-refractivity contribution in [1.29, 1.82) is 0 Å². The third kappa shape index (κ3) is 5.23. The largest absolute Gasteiger partial charge is 0.497 e. The van der Waals surface area contributed by atoms with Crippen LogP contribution >= 0.6 is 0 Å². The molecule has 31 heavy (non-hydrogen) atoms. The second-order valence-electron chi connectivity index (χ2n) is 7.10. The van der Waals surface area contributed by atoms with E-state index in [1.54, 1.807) is 23.9 Å². The number of aromatic nitrogens is 2. The summed E-state index contributed by atoms with van der Waals surface area (Å²) in [4.78, 5) is 14.4. The predicted octanol–water partition coefficient (Wildman–Crippen LogP) is 4.92. The molecule has 0 aliphatic rings. The van der Waals surface area contributed by atoms with E-state index in [1.807, 2.05) is 49.9 Å². The van der Waals surface area contributed by atoms with Crippen molar-refractivity contribution in [2.45, 2.75) is 33.6 Å². The van der Waals surface area contributed by atoms with Crippen molar-refractivity contribution in [2.24, 2.45) is 0 Å². The lowest BCUT2D eigenvalue weighted by molar-refractivity contribution is -0.130. The van der Waals surface area contributed by atoms with Crippen molar-refractivity contribution in [3.63, 3.8) is 0 Å². The van der Waals surface area contributed by atoms with Gasteiger partial charge in [0.15, 0.2) is 0 Å². The van der Waals surface area contributed by atoms with E-state index in [4.69, 9.17) is 9.47 Å². The summed E-state index contributed by atoms with van der Waals surface area (Å²) in [7, 11) is 1.61. The van der Waals surface area contributed by atoms with E-state index in [1.165, 1.54) is 12.1 Å². The van der Waals surface area contributed by atoms with E-state index >= 15 is 0 Å². The quantitative estimate of drug-likeness (QED) is 0.488. The summed E-state index contributed by atoms with van der Waals surface area (Å²) in [5, 5.41) is 4.67. The summed E-state index contributed by atoms with van der Waals surface area (Å²) in [5.74, 6) is 1.50. The number of methoxy groups -OCH3 is 1. The average Bonchev–Trinajstić information content (AvgIpc) is 3.09. The summed E-state index contributed by atoms with van der Waals surface area (Å²) in [5.41, 5.74) is 2.42. The van der Waals surface area contributed by atoms with E-state index in [9.17, 15) is 9.18 Å². The first kappa shape index (κ1) is 22.3. The number of hydrogen-bond donors (Lipinski definition) is 0. The first-order chi connectivity index (χ1) is 15.0. The zero-order valence-electron chi connectivity index (χ0n) is 18.4. The number of rotatable bonds is 9. The Morgan fingerprint density at radius 1 is 1.03 bits per heavy atom. The van der Waals surface area contributed by atoms with Gasteiger partial charge in [0.2, 0.25) is 11.8 Å². The van der Waals surface area contributed by atoms with Gasteiger partial charge in [-0.3, -0.25) is 4.79 Å². The van der Waals surface area contributed by atoms with Gasteiger partial charge < -0.3 is 14.4 Å². The lowest BCUT2D eigenvalue weighted by Gasteiger charge is -2.18. The second kappa shape index (κ2) is 10.1. The topological polar surface area (TPSA) is 56.6 Å². The summed E-state index contributed by atoms with van der Waals surface area (Å²) >= 11 is 0. The van der Waals surface area contributed by atoms with Crippen molar-refractivity contribution < 1.29 is 18.7 Å². The fourth-order valence-corrected chi connectivity index (χ4v) is 3.41. The van der Waals surface area contributed by atoms with Gasteiger partial charge in [-0.2, -0.15) is 5.10 Å². The van der Waals surface area contributed by atoms with Crippen LogP contribution in [0.2, 0.25) is 0 Å². The standard InChI is InChI=1S/C24H28FN3O3/c1-5-27(6-2)23(29)16-15-22-17(3)26-28(19-9-13-20(30-4)14-10-19)24(22)31-21-11-7-18(25)8-12-21/h7-14H,5-6,15-16H2,1-4H3. The third-order valence-corrected chi connectivity index (χ3v) is 5.19. The Bertz CT molecular complexity index is 1010. The molecular weight excluding hydrogens is 397 g/mol. The van der Waals surface area contributed by atoms with E-state index in [-0.39, 0.29) is 11.7 Å². The van der Waals surface area contributed by atoms with Crippen LogP contribution in [0.5, 0.6) is 17.4 Å². The molecular formula is C24H28FN3O3. The van der Waals surface area contributed by atoms with Gasteiger partial charge in [-0.05, 0) is 75.7 Å². The van der Waals surface area contributed by atoms with Gasteiger partial charge in [-0.25, -0.2) is 9.07 Å². The molecule has 3 rings (SSSR count). The molecule has 0 atom stereocenters. The highest BCUT2D eigenvalue weighted by Gasteiger charge is 2.21. The number of ether oxygens (including phenoxy) is 2. The number of carbonyl (C=O) groups excluding carboxylic acids is 1. The Labute approximate surface area is 182 Å². The van der Waals surface area contributed by atoms with Crippen molar-refractivity contribution in [2.75, 3.05) is 20.2 Å². The molecule has 3 aromatic rings. The summed E-state index contributed by atoms with van der Waals surface area (Å²) in [6.07, 6.45) is 0.852.